The second kappa shape index (κ2) is 8.07. The van der Waals surface area contributed by atoms with Gasteiger partial charge < -0.3 is 4.84 Å². The number of anilines is 1. The van der Waals surface area contributed by atoms with Gasteiger partial charge in [-0.2, -0.15) is 5.10 Å². The van der Waals surface area contributed by atoms with Gasteiger partial charge in [0, 0.05) is 21.8 Å². The monoisotopic (exact) mass is 512 g/mol. The molecule has 1 aromatic heterocycles. The zero-order chi connectivity index (χ0) is 23.2. The van der Waals surface area contributed by atoms with Gasteiger partial charge in [0.2, 0.25) is 12.0 Å². The molecule has 1 fully saturated rings. The minimum absolute atomic E-state index is 0.355. The number of para-hydroxylation sites is 2. The number of hydrogen-bond donors (Lipinski definition) is 0. The fraction of sp³-hybridized carbons (Fsp3) is 0.0769. The van der Waals surface area contributed by atoms with Gasteiger partial charge in [0.15, 0.2) is 0 Å². The third-order valence-corrected chi connectivity index (χ3v) is 6.48. The number of hydrogen-bond acceptors (Lipinski definition) is 5. The van der Waals surface area contributed by atoms with Crippen LogP contribution in [0.15, 0.2) is 101 Å². The van der Waals surface area contributed by atoms with Crippen LogP contribution in [0.3, 0.4) is 0 Å². The minimum Gasteiger partial charge on any atom is -0.381 e. The molecule has 0 radical (unpaired) electrons. The summed E-state index contributed by atoms with van der Waals surface area (Å²) < 4.78 is 2.69. The first-order valence-corrected chi connectivity index (χ1v) is 11.5. The molecule has 2 amide bonds. The zero-order valence-electron chi connectivity index (χ0n) is 17.7. The number of oxime groups is 1. The maximum atomic E-state index is 13.5. The normalized spacial score (nSPS) is 19.2. The number of fused-ring (bicyclic) bond motifs is 1. The Morgan fingerprint density at radius 2 is 1.44 bits per heavy atom. The molecule has 3 heterocycles. The molecule has 0 N–H and O–H groups in total. The van der Waals surface area contributed by atoms with E-state index in [1.54, 1.807) is 28.9 Å². The molecule has 0 saturated carbocycles. The standard InChI is InChI=1S/C26H17BrN4O3/c27-17-13-11-16(12-14-17)22-20(15-30(28-22)18-7-3-1-4-8-18)23-21-24(34-29-23)26(33)31(25(21)32)19-9-5-2-6-10-19/h1-15,21,24H. The van der Waals surface area contributed by atoms with Gasteiger partial charge in [0.05, 0.1) is 11.4 Å². The fourth-order valence-corrected chi connectivity index (χ4v) is 4.59. The summed E-state index contributed by atoms with van der Waals surface area (Å²) in [7, 11) is 0. The summed E-state index contributed by atoms with van der Waals surface area (Å²) in [5.41, 5.74) is 3.94. The van der Waals surface area contributed by atoms with Crippen LogP contribution in [0.2, 0.25) is 0 Å². The molecular weight excluding hydrogens is 496 g/mol. The number of amides is 2. The number of halogens is 1. The SMILES string of the molecule is O=C1C2ON=C(c3cn(-c4ccccc4)nc3-c3ccc(Br)cc3)C2C(=O)N1c1ccccc1. The number of carbonyl (C=O) groups is 2. The molecule has 2 aliphatic rings. The van der Waals surface area contributed by atoms with Crippen molar-refractivity contribution in [3.05, 3.63) is 101 Å². The summed E-state index contributed by atoms with van der Waals surface area (Å²) in [4.78, 5) is 33.3. The van der Waals surface area contributed by atoms with E-state index in [-0.39, 0.29) is 5.91 Å². The number of nitrogens with zero attached hydrogens (tertiary/aromatic N) is 4. The van der Waals surface area contributed by atoms with Gasteiger partial charge in [-0.1, -0.05) is 69.6 Å². The number of carbonyl (C=O) groups excluding carboxylic acids is 2. The summed E-state index contributed by atoms with van der Waals surface area (Å²) in [6.07, 6.45) is 0.848. The predicted molar refractivity (Wildman–Crippen MR) is 131 cm³/mol. The molecular formula is C26H17BrN4O3. The van der Waals surface area contributed by atoms with Crippen molar-refractivity contribution in [3.63, 3.8) is 0 Å². The Morgan fingerprint density at radius 3 is 2.12 bits per heavy atom. The highest BCUT2D eigenvalue weighted by molar-refractivity contribution is 9.10. The Bertz CT molecular complexity index is 1430. The van der Waals surface area contributed by atoms with Crippen LogP contribution >= 0.6 is 15.9 Å². The van der Waals surface area contributed by atoms with Gasteiger partial charge in [-0.05, 0) is 36.4 Å². The summed E-state index contributed by atoms with van der Waals surface area (Å²) in [5.74, 6) is -1.61. The lowest BCUT2D eigenvalue weighted by molar-refractivity contribution is -0.126. The van der Waals surface area contributed by atoms with Crippen molar-refractivity contribution >= 4 is 39.1 Å². The smallest absolute Gasteiger partial charge is 0.278 e. The van der Waals surface area contributed by atoms with Crippen LogP contribution in [0.1, 0.15) is 5.56 Å². The van der Waals surface area contributed by atoms with Crippen LogP contribution in [0, 0.1) is 5.92 Å². The van der Waals surface area contributed by atoms with E-state index in [4.69, 9.17) is 9.94 Å². The van der Waals surface area contributed by atoms with Crippen molar-refractivity contribution < 1.29 is 14.4 Å². The van der Waals surface area contributed by atoms with Gasteiger partial charge in [0.1, 0.15) is 17.3 Å². The molecule has 166 valence electrons. The average Bonchev–Trinajstić information content (AvgIpc) is 3.56. The largest absolute Gasteiger partial charge is 0.381 e. The molecule has 1 saturated heterocycles. The summed E-state index contributed by atoms with van der Waals surface area (Å²) in [6, 6.07) is 26.3. The summed E-state index contributed by atoms with van der Waals surface area (Å²) >= 11 is 3.47. The van der Waals surface area contributed by atoms with Gasteiger partial charge in [-0.3, -0.25) is 9.59 Å². The number of imide groups is 1. The highest BCUT2D eigenvalue weighted by atomic mass is 79.9. The molecule has 0 aliphatic carbocycles. The first-order chi connectivity index (χ1) is 16.6. The van der Waals surface area contributed by atoms with Gasteiger partial charge >= 0.3 is 0 Å². The lowest BCUT2D eigenvalue weighted by Crippen LogP contribution is -2.33. The highest BCUT2D eigenvalue weighted by Gasteiger charge is 2.56. The van der Waals surface area contributed by atoms with Crippen LogP contribution in [-0.4, -0.2) is 33.4 Å². The van der Waals surface area contributed by atoms with Crippen LogP contribution in [0.4, 0.5) is 5.69 Å². The first kappa shape index (κ1) is 20.6. The van der Waals surface area contributed by atoms with E-state index in [0.29, 0.717) is 22.7 Å². The number of rotatable bonds is 4. The number of benzene rings is 3. The summed E-state index contributed by atoms with van der Waals surface area (Å²) in [5, 5.41) is 9.03. The first-order valence-electron chi connectivity index (χ1n) is 10.7. The zero-order valence-corrected chi connectivity index (χ0v) is 19.3. The lowest BCUT2D eigenvalue weighted by atomic mass is 9.93. The molecule has 4 aromatic rings. The molecule has 2 aliphatic heterocycles. The molecule has 2 atom stereocenters. The van der Waals surface area contributed by atoms with Gasteiger partial charge in [-0.25, -0.2) is 9.58 Å². The maximum absolute atomic E-state index is 13.5. The second-order valence-electron chi connectivity index (χ2n) is 8.01. The second-order valence-corrected chi connectivity index (χ2v) is 8.92. The minimum atomic E-state index is -0.986. The third kappa shape index (κ3) is 3.26. The Kier molecular flexibility index (Phi) is 4.88. The van der Waals surface area contributed by atoms with Crippen LogP contribution in [0.25, 0.3) is 16.9 Å². The summed E-state index contributed by atoms with van der Waals surface area (Å²) in [6.45, 7) is 0. The molecule has 0 bridgehead atoms. The van der Waals surface area contributed by atoms with E-state index in [2.05, 4.69) is 21.1 Å². The quantitative estimate of drug-likeness (QED) is 0.374. The van der Waals surface area contributed by atoms with Crippen molar-refractivity contribution in [1.29, 1.82) is 0 Å². The molecule has 6 rings (SSSR count). The Labute approximate surface area is 203 Å². The third-order valence-electron chi connectivity index (χ3n) is 5.96. The Hall–Kier alpha value is -4.04. The fourth-order valence-electron chi connectivity index (χ4n) is 4.33. The van der Waals surface area contributed by atoms with Crippen molar-refractivity contribution in [2.24, 2.45) is 11.1 Å². The van der Waals surface area contributed by atoms with Crippen molar-refractivity contribution in [2.45, 2.75) is 6.10 Å². The van der Waals surface area contributed by atoms with Gasteiger partial charge in [0.25, 0.3) is 5.91 Å². The van der Waals surface area contributed by atoms with E-state index in [9.17, 15) is 9.59 Å². The molecule has 8 heteroatoms. The van der Waals surface area contributed by atoms with E-state index in [1.165, 1.54) is 4.90 Å². The van der Waals surface area contributed by atoms with Crippen molar-refractivity contribution in [2.75, 3.05) is 4.90 Å². The van der Waals surface area contributed by atoms with Crippen molar-refractivity contribution in [1.82, 2.24) is 9.78 Å². The molecule has 0 spiro atoms. The van der Waals surface area contributed by atoms with E-state index in [0.717, 1.165) is 15.7 Å². The van der Waals surface area contributed by atoms with E-state index in [1.807, 2.05) is 66.9 Å². The molecule has 34 heavy (non-hydrogen) atoms. The lowest BCUT2D eigenvalue weighted by Gasteiger charge is -2.15. The molecule has 3 aromatic carbocycles. The maximum Gasteiger partial charge on any atom is 0.278 e. The molecule has 2 unspecified atom stereocenters. The van der Waals surface area contributed by atoms with Crippen molar-refractivity contribution in [3.8, 4) is 16.9 Å². The van der Waals surface area contributed by atoms with Gasteiger partial charge in [-0.15, -0.1) is 0 Å². The highest BCUT2D eigenvalue weighted by Crippen LogP contribution is 2.37. The number of aromatic nitrogens is 2. The predicted octanol–water partition coefficient (Wildman–Crippen LogP) is 4.59. The topological polar surface area (TPSA) is 76.8 Å². The van der Waals surface area contributed by atoms with Crippen LogP contribution in [-0.2, 0) is 14.4 Å². The Balaban J connectivity index is 1.46. The van der Waals surface area contributed by atoms with E-state index >= 15 is 0 Å². The molecule has 7 nitrogen and oxygen atoms in total. The van der Waals surface area contributed by atoms with Crippen LogP contribution < -0.4 is 4.90 Å². The average molecular weight is 513 g/mol. The van der Waals surface area contributed by atoms with E-state index < -0.39 is 17.9 Å². The van der Waals surface area contributed by atoms with Crippen LogP contribution in [0.5, 0.6) is 0 Å². The Morgan fingerprint density at radius 1 is 0.794 bits per heavy atom.